The summed E-state index contributed by atoms with van der Waals surface area (Å²) in [7, 11) is 0. The van der Waals surface area contributed by atoms with E-state index in [0.717, 1.165) is 57.0 Å². The monoisotopic (exact) mass is 359 g/mol. The lowest BCUT2D eigenvalue weighted by Gasteiger charge is -2.32. The summed E-state index contributed by atoms with van der Waals surface area (Å²) in [6.45, 7) is 7.20. The van der Waals surface area contributed by atoms with Crippen LogP contribution in [0.15, 0.2) is 12.4 Å². The van der Waals surface area contributed by atoms with Crippen LogP contribution in [0.2, 0.25) is 0 Å². The zero-order valence-electron chi connectivity index (χ0n) is 16.2. The normalized spacial score (nSPS) is 18.2. The summed E-state index contributed by atoms with van der Waals surface area (Å²) < 4.78 is 0. The standard InChI is InChI=1S/C20H33N5O/c1-15(2)7-10-21-20(26)6-3-16-8-11-25(12-9-16)19-13-18(22-14-23-19)24-17-4-5-17/h13-17H,3-12H2,1-2H3,(H,21,26)(H,22,23,24). The van der Waals surface area contributed by atoms with Crippen LogP contribution in [-0.2, 0) is 4.79 Å². The van der Waals surface area contributed by atoms with Crippen molar-refractivity contribution in [3.63, 3.8) is 0 Å². The van der Waals surface area contributed by atoms with Crippen LogP contribution < -0.4 is 15.5 Å². The Balaban J connectivity index is 1.36. The summed E-state index contributed by atoms with van der Waals surface area (Å²) >= 11 is 0. The Bertz CT molecular complexity index is 579. The molecule has 3 rings (SSSR count). The van der Waals surface area contributed by atoms with Gasteiger partial charge in [0.15, 0.2) is 0 Å². The molecule has 1 aliphatic heterocycles. The van der Waals surface area contributed by atoms with Crippen LogP contribution in [0.3, 0.4) is 0 Å². The van der Waals surface area contributed by atoms with E-state index in [-0.39, 0.29) is 5.91 Å². The molecule has 0 aromatic carbocycles. The van der Waals surface area contributed by atoms with E-state index in [1.165, 1.54) is 12.8 Å². The minimum atomic E-state index is 0.208. The van der Waals surface area contributed by atoms with Gasteiger partial charge in [-0.1, -0.05) is 13.8 Å². The third-order valence-corrected chi connectivity index (χ3v) is 5.34. The average molecular weight is 360 g/mol. The lowest BCUT2D eigenvalue weighted by Crippen LogP contribution is -2.35. The Morgan fingerprint density at radius 2 is 2.00 bits per heavy atom. The average Bonchev–Trinajstić information content (AvgIpc) is 3.44. The number of hydrogen-bond acceptors (Lipinski definition) is 5. The molecule has 0 spiro atoms. The van der Waals surface area contributed by atoms with E-state index in [1.807, 2.05) is 0 Å². The van der Waals surface area contributed by atoms with Crippen LogP contribution in [-0.4, -0.2) is 41.6 Å². The Hall–Kier alpha value is -1.85. The molecule has 2 fully saturated rings. The van der Waals surface area contributed by atoms with Crippen LogP contribution in [0, 0.1) is 11.8 Å². The summed E-state index contributed by atoms with van der Waals surface area (Å²) in [6, 6.07) is 2.68. The molecule has 144 valence electrons. The maximum atomic E-state index is 11.9. The number of amides is 1. The smallest absolute Gasteiger partial charge is 0.220 e. The second-order valence-corrected chi connectivity index (χ2v) is 8.18. The zero-order chi connectivity index (χ0) is 18.4. The summed E-state index contributed by atoms with van der Waals surface area (Å²) in [5.74, 6) is 3.46. The molecule has 0 radical (unpaired) electrons. The summed E-state index contributed by atoms with van der Waals surface area (Å²) in [5, 5.41) is 6.48. The molecular weight excluding hydrogens is 326 g/mol. The molecule has 1 aliphatic carbocycles. The van der Waals surface area contributed by atoms with E-state index < -0.39 is 0 Å². The SMILES string of the molecule is CC(C)CCNC(=O)CCC1CCN(c2cc(NC3CC3)ncn2)CC1. The van der Waals surface area contributed by atoms with Crippen LogP contribution in [0.5, 0.6) is 0 Å². The number of nitrogens with one attached hydrogen (secondary N) is 2. The Kier molecular flexibility index (Phi) is 6.69. The van der Waals surface area contributed by atoms with E-state index in [0.29, 0.717) is 24.3 Å². The largest absolute Gasteiger partial charge is 0.367 e. The summed E-state index contributed by atoms with van der Waals surface area (Å²) in [4.78, 5) is 23.1. The molecule has 6 heteroatoms. The van der Waals surface area contributed by atoms with Gasteiger partial charge in [-0.25, -0.2) is 9.97 Å². The third kappa shape index (κ3) is 6.15. The summed E-state index contributed by atoms with van der Waals surface area (Å²) in [6.07, 6.45) is 9.13. The highest BCUT2D eigenvalue weighted by Gasteiger charge is 2.23. The van der Waals surface area contributed by atoms with Gasteiger partial charge >= 0.3 is 0 Å². The van der Waals surface area contributed by atoms with Crippen molar-refractivity contribution in [3.8, 4) is 0 Å². The first-order valence-corrected chi connectivity index (χ1v) is 10.2. The van der Waals surface area contributed by atoms with Crippen LogP contribution in [0.1, 0.15) is 58.8 Å². The molecule has 0 bridgehead atoms. The number of rotatable bonds is 9. The zero-order valence-corrected chi connectivity index (χ0v) is 16.2. The molecule has 2 N–H and O–H groups in total. The first-order chi connectivity index (χ1) is 12.6. The van der Waals surface area contributed by atoms with Gasteiger partial charge in [-0.3, -0.25) is 4.79 Å². The van der Waals surface area contributed by atoms with Gasteiger partial charge in [0.05, 0.1) is 0 Å². The van der Waals surface area contributed by atoms with E-state index in [1.54, 1.807) is 6.33 Å². The highest BCUT2D eigenvalue weighted by molar-refractivity contribution is 5.75. The molecule has 1 aromatic heterocycles. The van der Waals surface area contributed by atoms with Gasteiger partial charge in [0.25, 0.3) is 0 Å². The Morgan fingerprint density at radius 1 is 1.23 bits per heavy atom. The van der Waals surface area contributed by atoms with Crippen molar-refractivity contribution in [1.82, 2.24) is 15.3 Å². The number of hydrogen-bond donors (Lipinski definition) is 2. The number of aromatic nitrogens is 2. The highest BCUT2D eigenvalue weighted by atomic mass is 16.1. The maximum absolute atomic E-state index is 11.9. The number of carbonyl (C=O) groups is 1. The number of carbonyl (C=O) groups excluding carboxylic acids is 1. The van der Waals surface area contributed by atoms with Crippen molar-refractivity contribution in [2.45, 2.75) is 64.8 Å². The fourth-order valence-electron chi connectivity index (χ4n) is 3.41. The quantitative estimate of drug-likeness (QED) is 0.708. The molecule has 1 saturated heterocycles. The molecule has 2 heterocycles. The fourth-order valence-corrected chi connectivity index (χ4v) is 3.41. The minimum absolute atomic E-state index is 0.208. The van der Waals surface area contributed by atoms with Gasteiger partial charge in [0.1, 0.15) is 18.0 Å². The van der Waals surface area contributed by atoms with Crippen molar-refractivity contribution in [2.24, 2.45) is 11.8 Å². The van der Waals surface area contributed by atoms with Crippen molar-refractivity contribution < 1.29 is 4.79 Å². The van der Waals surface area contributed by atoms with Gasteiger partial charge in [-0.05, 0) is 50.4 Å². The van der Waals surface area contributed by atoms with Crippen molar-refractivity contribution in [2.75, 3.05) is 29.9 Å². The van der Waals surface area contributed by atoms with Crippen LogP contribution in [0.4, 0.5) is 11.6 Å². The number of piperidine rings is 1. The first kappa shape index (κ1) is 18.9. The van der Waals surface area contributed by atoms with Crippen molar-refractivity contribution in [1.29, 1.82) is 0 Å². The predicted octanol–water partition coefficient (Wildman–Crippen LogP) is 3.21. The first-order valence-electron chi connectivity index (χ1n) is 10.2. The van der Waals surface area contributed by atoms with Crippen molar-refractivity contribution >= 4 is 17.5 Å². The summed E-state index contributed by atoms with van der Waals surface area (Å²) in [5.41, 5.74) is 0. The van der Waals surface area contributed by atoms with Gasteiger partial charge in [0.2, 0.25) is 5.91 Å². The molecule has 1 amide bonds. The molecule has 0 atom stereocenters. The molecule has 2 aliphatic rings. The fraction of sp³-hybridized carbons (Fsp3) is 0.750. The molecule has 26 heavy (non-hydrogen) atoms. The predicted molar refractivity (Wildman–Crippen MR) is 105 cm³/mol. The second-order valence-electron chi connectivity index (χ2n) is 8.18. The Labute approximate surface area is 157 Å². The minimum Gasteiger partial charge on any atom is -0.367 e. The van der Waals surface area contributed by atoms with E-state index in [4.69, 9.17) is 0 Å². The van der Waals surface area contributed by atoms with E-state index >= 15 is 0 Å². The van der Waals surface area contributed by atoms with E-state index in [9.17, 15) is 4.79 Å². The molecule has 1 saturated carbocycles. The number of nitrogens with zero attached hydrogens (tertiary/aromatic N) is 3. The number of anilines is 2. The molecule has 1 aromatic rings. The topological polar surface area (TPSA) is 70.2 Å². The maximum Gasteiger partial charge on any atom is 0.220 e. The lowest BCUT2D eigenvalue weighted by molar-refractivity contribution is -0.121. The van der Waals surface area contributed by atoms with Gasteiger partial charge in [-0.2, -0.15) is 0 Å². The van der Waals surface area contributed by atoms with Gasteiger partial charge in [-0.15, -0.1) is 0 Å². The van der Waals surface area contributed by atoms with Crippen LogP contribution in [0.25, 0.3) is 0 Å². The van der Waals surface area contributed by atoms with E-state index in [2.05, 4.69) is 45.4 Å². The van der Waals surface area contributed by atoms with Crippen LogP contribution >= 0.6 is 0 Å². The third-order valence-electron chi connectivity index (χ3n) is 5.34. The van der Waals surface area contributed by atoms with Gasteiger partial charge < -0.3 is 15.5 Å². The van der Waals surface area contributed by atoms with Gasteiger partial charge in [0, 0.05) is 38.2 Å². The lowest BCUT2D eigenvalue weighted by atomic mass is 9.92. The second kappa shape index (κ2) is 9.19. The Morgan fingerprint density at radius 3 is 2.69 bits per heavy atom. The molecule has 6 nitrogen and oxygen atoms in total. The molecular formula is C20H33N5O. The highest BCUT2D eigenvalue weighted by Crippen LogP contribution is 2.27. The molecule has 0 unspecified atom stereocenters. The van der Waals surface area contributed by atoms with Crippen molar-refractivity contribution in [3.05, 3.63) is 12.4 Å².